The minimum Gasteiger partial charge on any atom is -0.489 e. The third kappa shape index (κ3) is 4.10. The van der Waals surface area contributed by atoms with Crippen LogP contribution in [-0.4, -0.2) is 41.4 Å². The standard InChI is InChI=1S/C24H27N3O2/c1-16-5-6-18-7-8-19-14-23(28)27(25-24(19)22(18)13-16)20-9-11-21(12-10-20)29-17(2)15-26(3)4/h5-6,9-14,17H,7-8,15H2,1-4H3. The van der Waals surface area contributed by atoms with Crippen LogP contribution in [0.1, 0.15) is 23.6 Å². The summed E-state index contributed by atoms with van der Waals surface area (Å²) in [7, 11) is 4.05. The number of likely N-dealkylation sites (N-methyl/N-ethyl adjacent to an activating group) is 1. The fourth-order valence-electron chi connectivity index (χ4n) is 3.94. The van der Waals surface area contributed by atoms with E-state index in [0.717, 1.165) is 47.6 Å². The van der Waals surface area contributed by atoms with Crippen LogP contribution < -0.4 is 10.3 Å². The molecule has 0 radical (unpaired) electrons. The van der Waals surface area contributed by atoms with Gasteiger partial charge < -0.3 is 9.64 Å². The summed E-state index contributed by atoms with van der Waals surface area (Å²) in [4.78, 5) is 14.8. The molecule has 1 atom stereocenters. The molecule has 0 N–H and O–H groups in total. The SMILES string of the molecule is Cc1ccc2c(c1)-c1nn(-c3ccc(OC(C)CN(C)C)cc3)c(=O)cc1CC2. The van der Waals surface area contributed by atoms with Crippen LogP contribution in [0.25, 0.3) is 16.9 Å². The number of rotatable bonds is 5. The molecule has 29 heavy (non-hydrogen) atoms. The molecule has 0 bridgehead atoms. The third-order valence-electron chi connectivity index (χ3n) is 5.24. The lowest BCUT2D eigenvalue weighted by molar-refractivity contribution is 0.177. The molecular weight excluding hydrogens is 362 g/mol. The summed E-state index contributed by atoms with van der Waals surface area (Å²) in [6.07, 6.45) is 1.89. The van der Waals surface area contributed by atoms with E-state index < -0.39 is 0 Å². The maximum absolute atomic E-state index is 12.7. The number of fused-ring (bicyclic) bond motifs is 3. The van der Waals surface area contributed by atoms with Gasteiger partial charge in [-0.3, -0.25) is 4.79 Å². The van der Waals surface area contributed by atoms with Gasteiger partial charge in [-0.05, 0) is 82.2 Å². The number of hydrogen-bond acceptors (Lipinski definition) is 4. The van der Waals surface area contributed by atoms with Gasteiger partial charge in [0.15, 0.2) is 0 Å². The topological polar surface area (TPSA) is 47.4 Å². The van der Waals surface area contributed by atoms with Crippen molar-refractivity contribution in [1.82, 2.24) is 14.7 Å². The van der Waals surface area contributed by atoms with Gasteiger partial charge in [-0.1, -0.05) is 17.7 Å². The Morgan fingerprint density at radius 2 is 1.79 bits per heavy atom. The van der Waals surface area contributed by atoms with E-state index in [1.54, 1.807) is 6.07 Å². The highest BCUT2D eigenvalue weighted by molar-refractivity contribution is 5.70. The van der Waals surface area contributed by atoms with Gasteiger partial charge in [0, 0.05) is 18.2 Å². The van der Waals surface area contributed by atoms with Crippen LogP contribution >= 0.6 is 0 Å². The maximum atomic E-state index is 12.7. The molecule has 1 unspecified atom stereocenters. The van der Waals surface area contributed by atoms with E-state index in [2.05, 4.69) is 30.0 Å². The van der Waals surface area contributed by atoms with E-state index in [9.17, 15) is 4.79 Å². The molecule has 1 aliphatic rings. The Kier molecular flexibility index (Phi) is 5.24. The lowest BCUT2D eigenvalue weighted by Gasteiger charge is -2.20. The van der Waals surface area contributed by atoms with Gasteiger partial charge >= 0.3 is 0 Å². The molecule has 0 fully saturated rings. The van der Waals surface area contributed by atoms with Crippen molar-refractivity contribution in [2.24, 2.45) is 0 Å². The highest BCUT2D eigenvalue weighted by atomic mass is 16.5. The van der Waals surface area contributed by atoms with Crippen molar-refractivity contribution in [1.29, 1.82) is 0 Å². The molecule has 0 amide bonds. The summed E-state index contributed by atoms with van der Waals surface area (Å²) in [5.74, 6) is 0.787. The minimum atomic E-state index is -0.102. The molecule has 0 saturated heterocycles. The fourth-order valence-corrected chi connectivity index (χ4v) is 3.94. The quantitative estimate of drug-likeness (QED) is 0.669. The first kappa shape index (κ1) is 19.4. The molecule has 0 aliphatic heterocycles. The third-order valence-corrected chi connectivity index (χ3v) is 5.24. The van der Waals surface area contributed by atoms with Crippen LogP contribution in [0.5, 0.6) is 5.75 Å². The largest absolute Gasteiger partial charge is 0.489 e. The number of aromatic nitrogens is 2. The normalized spacial score (nSPS) is 13.7. The van der Waals surface area contributed by atoms with E-state index in [-0.39, 0.29) is 11.7 Å². The number of benzene rings is 2. The van der Waals surface area contributed by atoms with Gasteiger partial charge in [0.2, 0.25) is 0 Å². The van der Waals surface area contributed by atoms with Crippen molar-refractivity contribution in [3.05, 3.63) is 75.6 Å². The first-order chi connectivity index (χ1) is 13.9. The van der Waals surface area contributed by atoms with E-state index in [1.807, 2.05) is 45.3 Å². The van der Waals surface area contributed by atoms with Crippen molar-refractivity contribution < 1.29 is 4.74 Å². The Morgan fingerprint density at radius 3 is 2.52 bits per heavy atom. The average molecular weight is 389 g/mol. The molecule has 5 heteroatoms. The van der Waals surface area contributed by atoms with Gasteiger partial charge in [0.1, 0.15) is 11.9 Å². The summed E-state index contributed by atoms with van der Waals surface area (Å²) in [5.41, 5.74) is 6.21. The second-order valence-electron chi connectivity index (χ2n) is 8.11. The first-order valence-corrected chi connectivity index (χ1v) is 10.1. The Morgan fingerprint density at radius 1 is 1.07 bits per heavy atom. The Bertz CT molecular complexity index is 1080. The van der Waals surface area contributed by atoms with Crippen LogP contribution in [0, 0.1) is 6.92 Å². The molecular formula is C24H27N3O2. The summed E-state index contributed by atoms with van der Waals surface area (Å²) < 4.78 is 7.44. The second-order valence-corrected chi connectivity index (χ2v) is 8.11. The van der Waals surface area contributed by atoms with Crippen molar-refractivity contribution in [3.8, 4) is 22.7 Å². The van der Waals surface area contributed by atoms with Crippen molar-refractivity contribution >= 4 is 0 Å². The Balaban J connectivity index is 1.66. The van der Waals surface area contributed by atoms with E-state index in [4.69, 9.17) is 9.84 Å². The van der Waals surface area contributed by atoms with Crippen LogP contribution in [0.4, 0.5) is 0 Å². The van der Waals surface area contributed by atoms with Crippen LogP contribution in [0.2, 0.25) is 0 Å². The van der Waals surface area contributed by atoms with Gasteiger partial charge in [-0.2, -0.15) is 9.78 Å². The molecule has 1 heterocycles. The fraction of sp³-hybridized carbons (Fsp3) is 0.333. The summed E-state index contributed by atoms with van der Waals surface area (Å²) >= 11 is 0. The molecule has 1 aliphatic carbocycles. The monoisotopic (exact) mass is 389 g/mol. The highest BCUT2D eigenvalue weighted by Crippen LogP contribution is 2.32. The van der Waals surface area contributed by atoms with Gasteiger partial charge in [-0.25, -0.2) is 0 Å². The number of nitrogens with zero attached hydrogens (tertiary/aromatic N) is 3. The molecule has 1 aromatic heterocycles. The number of hydrogen-bond donors (Lipinski definition) is 0. The maximum Gasteiger partial charge on any atom is 0.271 e. The lowest BCUT2D eigenvalue weighted by atomic mass is 9.88. The van der Waals surface area contributed by atoms with Crippen molar-refractivity contribution in [2.45, 2.75) is 32.8 Å². The highest BCUT2D eigenvalue weighted by Gasteiger charge is 2.20. The van der Waals surface area contributed by atoms with Crippen molar-refractivity contribution in [3.63, 3.8) is 0 Å². The van der Waals surface area contributed by atoms with E-state index in [1.165, 1.54) is 15.8 Å². The Labute approximate surface area is 171 Å². The summed E-state index contributed by atoms with van der Waals surface area (Å²) in [6, 6.07) is 15.8. The van der Waals surface area contributed by atoms with Crippen LogP contribution in [0.3, 0.4) is 0 Å². The van der Waals surface area contributed by atoms with E-state index >= 15 is 0 Å². The minimum absolute atomic E-state index is 0.0835. The average Bonchev–Trinajstić information content (AvgIpc) is 2.67. The molecule has 3 aromatic rings. The van der Waals surface area contributed by atoms with Crippen LogP contribution in [-0.2, 0) is 12.8 Å². The predicted molar refractivity (Wildman–Crippen MR) is 116 cm³/mol. The first-order valence-electron chi connectivity index (χ1n) is 10.1. The molecule has 5 nitrogen and oxygen atoms in total. The zero-order valence-corrected chi connectivity index (χ0v) is 17.5. The zero-order chi connectivity index (χ0) is 20.5. The smallest absolute Gasteiger partial charge is 0.271 e. The lowest BCUT2D eigenvalue weighted by Crippen LogP contribution is -2.28. The predicted octanol–water partition coefficient (Wildman–Crippen LogP) is 3.64. The summed E-state index contributed by atoms with van der Waals surface area (Å²) in [5, 5.41) is 4.75. The molecule has 0 spiro atoms. The number of aryl methyl sites for hydroxylation is 3. The summed E-state index contributed by atoms with van der Waals surface area (Å²) in [6.45, 7) is 4.97. The van der Waals surface area contributed by atoms with Crippen molar-refractivity contribution in [2.75, 3.05) is 20.6 Å². The molecule has 150 valence electrons. The zero-order valence-electron chi connectivity index (χ0n) is 17.5. The number of ether oxygens (including phenoxy) is 1. The molecule has 2 aromatic carbocycles. The van der Waals surface area contributed by atoms with Gasteiger partial charge in [0.25, 0.3) is 5.56 Å². The van der Waals surface area contributed by atoms with Gasteiger partial charge in [-0.15, -0.1) is 0 Å². The second kappa shape index (κ2) is 7.84. The van der Waals surface area contributed by atoms with E-state index in [0.29, 0.717) is 0 Å². The Hall–Kier alpha value is -2.92. The van der Waals surface area contributed by atoms with Crippen LogP contribution in [0.15, 0.2) is 53.3 Å². The molecule has 0 saturated carbocycles. The molecule has 4 rings (SSSR count). The van der Waals surface area contributed by atoms with Gasteiger partial charge in [0.05, 0.1) is 11.4 Å².